The van der Waals surface area contributed by atoms with Crippen LogP contribution in [0.3, 0.4) is 0 Å². The molecule has 0 aromatic heterocycles. The highest BCUT2D eigenvalue weighted by Gasteiger charge is 2.49. The van der Waals surface area contributed by atoms with Crippen molar-refractivity contribution in [2.75, 3.05) is 20.6 Å². The summed E-state index contributed by atoms with van der Waals surface area (Å²) in [7, 11) is 3.07. The summed E-state index contributed by atoms with van der Waals surface area (Å²) in [6.45, 7) is 12.7. The van der Waals surface area contributed by atoms with Crippen molar-refractivity contribution in [3.8, 4) is 0 Å². The molecule has 1 aromatic carbocycles. The molecule has 1 aliphatic rings. The lowest BCUT2D eigenvalue weighted by Gasteiger charge is -2.32. The first kappa shape index (κ1) is 33.9. The van der Waals surface area contributed by atoms with Gasteiger partial charge in [-0.25, -0.2) is 4.79 Å². The van der Waals surface area contributed by atoms with Gasteiger partial charge in [0, 0.05) is 25.5 Å². The van der Waals surface area contributed by atoms with Gasteiger partial charge in [0.15, 0.2) is 0 Å². The van der Waals surface area contributed by atoms with Gasteiger partial charge in [-0.05, 0) is 43.6 Å². The Bertz CT molecular complexity index is 1160. The van der Waals surface area contributed by atoms with Gasteiger partial charge in [0.05, 0.1) is 5.92 Å². The lowest BCUT2D eigenvalue weighted by molar-refractivity contribution is -0.134. The van der Waals surface area contributed by atoms with Crippen LogP contribution in [-0.2, 0) is 19.2 Å². The number of hydrogen-bond acceptors (Lipinski definition) is 6. The Kier molecular flexibility index (Phi) is 11.2. The van der Waals surface area contributed by atoms with Crippen LogP contribution >= 0.6 is 12.2 Å². The number of nitrogens with zero attached hydrogens (tertiary/aromatic N) is 2. The normalized spacial score (nSPS) is 17.2. The van der Waals surface area contributed by atoms with Crippen molar-refractivity contribution < 1.29 is 24.0 Å². The van der Waals surface area contributed by atoms with Crippen LogP contribution in [-0.4, -0.2) is 82.6 Å². The number of imide groups is 1. The van der Waals surface area contributed by atoms with Gasteiger partial charge >= 0.3 is 6.03 Å². The molecule has 0 bridgehead atoms. The van der Waals surface area contributed by atoms with E-state index in [0.29, 0.717) is 16.8 Å². The zero-order valence-corrected chi connectivity index (χ0v) is 26.5. The molecule has 0 saturated carbocycles. The summed E-state index contributed by atoms with van der Waals surface area (Å²) in [6.07, 6.45) is 0.412. The Balaban J connectivity index is 2.35. The number of carbonyl (C=O) groups is 5. The van der Waals surface area contributed by atoms with Crippen molar-refractivity contribution in [3.63, 3.8) is 0 Å². The standard InChI is InChI=1S/C30H45N5O5S/c1-18(2)17-21(25(37)33-23(26(38)31-8)29(3,4)5)32-24(36)20(22(41)19-13-11-10-12-14-19)15-16-35-27(39)30(6,7)34(9)28(35)40/h10-14,18,20-21,23H,15-17H2,1-9H3,(H,31,38)(H,32,36)(H,33,37)/t20-,21-,23+/m0/s1. The lowest BCUT2D eigenvalue weighted by atomic mass is 9.85. The highest BCUT2D eigenvalue weighted by Crippen LogP contribution is 2.27. The zero-order valence-electron chi connectivity index (χ0n) is 25.7. The highest BCUT2D eigenvalue weighted by molar-refractivity contribution is 7.81. The van der Waals surface area contributed by atoms with Gasteiger partial charge < -0.3 is 20.9 Å². The fourth-order valence-corrected chi connectivity index (χ4v) is 5.02. The molecule has 3 atom stereocenters. The van der Waals surface area contributed by atoms with Crippen molar-refractivity contribution >= 4 is 46.7 Å². The van der Waals surface area contributed by atoms with Crippen LogP contribution in [0.15, 0.2) is 30.3 Å². The van der Waals surface area contributed by atoms with Gasteiger partial charge in [-0.1, -0.05) is 77.2 Å². The number of carbonyl (C=O) groups excluding carboxylic acids is 5. The number of benzene rings is 1. The van der Waals surface area contributed by atoms with Crippen LogP contribution in [0.25, 0.3) is 0 Å². The van der Waals surface area contributed by atoms with E-state index in [1.54, 1.807) is 33.0 Å². The lowest BCUT2D eigenvalue weighted by Crippen LogP contribution is -2.58. The van der Waals surface area contributed by atoms with E-state index in [-0.39, 0.29) is 30.7 Å². The Morgan fingerprint density at radius 2 is 1.56 bits per heavy atom. The molecule has 1 aliphatic heterocycles. The Labute approximate surface area is 249 Å². The average Bonchev–Trinajstić information content (AvgIpc) is 3.04. The van der Waals surface area contributed by atoms with Gasteiger partial charge in [0.2, 0.25) is 17.7 Å². The molecule has 1 heterocycles. The Morgan fingerprint density at radius 3 is 2.02 bits per heavy atom. The first-order valence-corrected chi connectivity index (χ1v) is 14.4. The number of thiocarbonyl (C=S) groups is 1. The summed E-state index contributed by atoms with van der Waals surface area (Å²) in [5.74, 6) is -2.50. The highest BCUT2D eigenvalue weighted by atomic mass is 32.1. The van der Waals surface area contributed by atoms with Crippen LogP contribution in [0.5, 0.6) is 0 Å². The van der Waals surface area contributed by atoms with E-state index in [2.05, 4.69) is 16.0 Å². The van der Waals surface area contributed by atoms with Crippen LogP contribution in [0.1, 0.15) is 66.9 Å². The van der Waals surface area contributed by atoms with Crippen LogP contribution < -0.4 is 16.0 Å². The second kappa shape index (κ2) is 13.5. The zero-order chi connectivity index (χ0) is 31.3. The smallest absolute Gasteiger partial charge is 0.327 e. The minimum Gasteiger partial charge on any atom is -0.357 e. The predicted octanol–water partition coefficient (Wildman–Crippen LogP) is 2.89. The van der Waals surface area contributed by atoms with Gasteiger partial charge in [-0.15, -0.1) is 0 Å². The number of urea groups is 1. The summed E-state index contributed by atoms with van der Waals surface area (Å²) in [5.41, 5.74) is -0.907. The quantitative estimate of drug-likeness (QED) is 0.196. The van der Waals surface area contributed by atoms with Gasteiger partial charge in [0.25, 0.3) is 5.91 Å². The number of nitrogens with one attached hydrogen (secondary N) is 3. The second-order valence-corrected chi connectivity index (χ2v) is 13.0. The summed E-state index contributed by atoms with van der Waals surface area (Å²) >= 11 is 5.75. The maximum atomic E-state index is 13.8. The van der Waals surface area contributed by atoms with Crippen molar-refractivity contribution in [1.29, 1.82) is 0 Å². The third-order valence-corrected chi connectivity index (χ3v) is 7.98. The number of amides is 6. The average molecular weight is 588 g/mol. The SMILES string of the molecule is CNC(=O)[C@@H](NC(=O)[C@H](CC(C)C)NC(=O)[C@@H](CCN1C(=O)N(C)C(C)(C)C1=O)C(=S)c1ccccc1)C(C)(C)C. The summed E-state index contributed by atoms with van der Waals surface area (Å²) < 4.78 is 0. The maximum absolute atomic E-state index is 13.8. The summed E-state index contributed by atoms with van der Waals surface area (Å²) in [5, 5.41) is 8.27. The van der Waals surface area contributed by atoms with Crippen molar-refractivity contribution in [1.82, 2.24) is 25.8 Å². The van der Waals surface area contributed by atoms with E-state index in [4.69, 9.17) is 12.2 Å². The molecule has 3 N–H and O–H groups in total. The first-order valence-electron chi connectivity index (χ1n) is 13.9. The van der Waals surface area contributed by atoms with Crippen molar-refractivity contribution in [3.05, 3.63) is 35.9 Å². The molecule has 11 heteroatoms. The Hall–Kier alpha value is -3.34. The Morgan fingerprint density at radius 1 is 0.976 bits per heavy atom. The molecule has 0 spiro atoms. The molecule has 0 radical (unpaired) electrons. The van der Waals surface area contributed by atoms with Gasteiger partial charge in [-0.2, -0.15) is 0 Å². The van der Waals surface area contributed by atoms with Crippen LogP contribution in [0, 0.1) is 17.3 Å². The van der Waals surface area contributed by atoms with E-state index in [9.17, 15) is 24.0 Å². The van der Waals surface area contributed by atoms with Crippen LogP contribution in [0.2, 0.25) is 0 Å². The van der Waals surface area contributed by atoms with E-state index in [1.807, 2.05) is 52.8 Å². The molecular weight excluding hydrogens is 542 g/mol. The van der Waals surface area contributed by atoms with Gasteiger partial charge in [-0.3, -0.25) is 24.1 Å². The number of hydrogen-bond donors (Lipinski definition) is 3. The molecule has 1 fully saturated rings. The molecule has 0 aliphatic carbocycles. The molecule has 10 nitrogen and oxygen atoms in total. The summed E-state index contributed by atoms with van der Waals surface area (Å²) in [6, 6.07) is 6.84. The minimum atomic E-state index is -0.996. The third kappa shape index (κ3) is 8.12. The topological polar surface area (TPSA) is 128 Å². The van der Waals surface area contributed by atoms with E-state index >= 15 is 0 Å². The number of likely N-dealkylation sites (N-methyl/N-ethyl adjacent to an activating group) is 2. The first-order chi connectivity index (χ1) is 18.9. The molecular formula is C30H45N5O5S. The fourth-order valence-electron chi connectivity index (χ4n) is 4.66. The largest absolute Gasteiger partial charge is 0.357 e. The maximum Gasteiger partial charge on any atom is 0.327 e. The predicted molar refractivity (Wildman–Crippen MR) is 162 cm³/mol. The second-order valence-electron chi connectivity index (χ2n) is 12.5. The molecule has 2 rings (SSSR count). The van der Waals surface area contributed by atoms with E-state index < -0.39 is 46.8 Å². The third-order valence-electron chi connectivity index (χ3n) is 7.46. The monoisotopic (exact) mass is 587 g/mol. The molecule has 226 valence electrons. The fraction of sp³-hybridized carbons (Fsp3) is 0.600. The molecule has 1 saturated heterocycles. The van der Waals surface area contributed by atoms with Crippen LogP contribution in [0.4, 0.5) is 4.79 Å². The van der Waals surface area contributed by atoms with Crippen molar-refractivity contribution in [2.45, 2.75) is 78.9 Å². The molecule has 1 aromatic rings. The van der Waals surface area contributed by atoms with E-state index in [0.717, 1.165) is 4.90 Å². The molecule has 41 heavy (non-hydrogen) atoms. The minimum absolute atomic E-state index is 0.0136. The molecule has 6 amide bonds. The summed E-state index contributed by atoms with van der Waals surface area (Å²) in [4.78, 5) is 68.5. The van der Waals surface area contributed by atoms with Crippen molar-refractivity contribution in [2.24, 2.45) is 17.3 Å². The number of rotatable bonds is 12. The van der Waals surface area contributed by atoms with E-state index in [1.165, 1.54) is 11.9 Å². The molecule has 0 unspecified atom stereocenters. The van der Waals surface area contributed by atoms with Gasteiger partial charge in [0.1, 0.15) is 17.6 Å².